The normalized spacial score (nSPS) is 17.6. The first-order valence-corrected chi connectivity index (χ1v) is 8.07. The number of H-pyrrole nitrogens is 1. The van der Waals surface area contributed by atoms with Crippen molar-refractivity contribution in [1.82, 2.24) is 9.88 Å². The fourth-order valence-electron chi connectivity index (χ4n) is 3.24. The van der Waals surface area contributed by atoms with Crippen LogP contribution in [0.15, 0.2) is 24.3 Å². The molecule has 0 bridgehead atoms. The lowest BCUT2D eigenvalue weighted by Crippen LogP contribution is -2.43. The summed E-state index contributed by atoms with van der Waals surface area (Å²) in [5, 5.41) is 10.4. The summed E-state index contributed by atoms with van der Waals surface area (Å²) in [5.41, 5.74) is 2.24. The third-order valence-corrected chi connectivity index (χ3v) is 4.15. The highest BCUT2D eigenvalue weighted by Gasteiger charge is 2.36. The smallest absolute Gasteiger partial charge is 0.410 e. The first-order valence-electron chi connectivity index (χ1n) is 8.07. The molecule has 0 fully saturated rings. The van der Waals surface area contributed by atoms with Crippen LogP contribution < -0.4 is 0 Å². The first kappa shape index (κ1) is 16.4. The number of fused-ring (bicyclic) bond motifs is 3. The Bertz CT molecular complexity index is 788. The summed E-state index contributed by atoms with van der Waals surface area (Å²) in [5.74, 6) is -0.944. The number of rotatable bonds is 2. The molecule has 0 aliphatic carbocycles. The van der Waals surface area contributed by atoms with Crippen LogP contribution in [-0.4, -0.2) is 39.2 Å². The van der Waals surface area contributed by atoms with Gasteiger partial charge in [0, 0.05) is 23.1 Å². The average molecular weight is 330 g/mol. The minimum Gasteiger partial charge on any atom is -0.481 e. The van der Waals surface area contributed by atoms with E-state index in [0.717, 1.165) is 22.2 Å². The maximum Gasteiger partial charge on any atom is 0.410 e. The number of para-hydroxylation sites is 1. The van der Waals surface area contributed by atoms with Crippen molar-refractivity contribution in [3.63, 3.8) is 0 Å². The van der Waals surface area contributed by atoms with Crippen LogP contribution in [0.25, 0.3) is 10.9 Å². The number of benzene rings is 1. The van der Waals surface area contributed by atoms with Gasteiger partial charge in [0.05, 0.1) is 12.5 Å². The van der Waals surface area contributed by atoms with E-state index in [1.54, 1.807) is 20.8 Å². The van der Waals surface area contributed by atoms with Gasteiger partial charge in [-0.25, -0.2) is 4.79 Å². The van der Waals surface area contributed by atoms with E-state index in [0.29, 0.717) is 13.0 Å². The number of nitrogens with zero attached hydrogens (tertiary/aromatic N) is 1. The predicted molar refractivity (Wildman–Crippen MR) is 89.9 cm³/mol. The second-order valence-corrected chi connectivity index (χ2v) is 7.10. The summed E-state index contributed by atoms with van der Waals surface area (Å²) >= 11 is 0. The van der Waals surface area contributed by atoms with E-state index in [4.69, 9.17) is 4.74 Å². The minimum absolute atomic E-state index is 0.154. The SMILES string of the molecule is CC(C)(C)OC(=O)N1CCc2c([nH]c3ccccc23)C1CC(=O)O. The summed E-state index contributed by atoms with van der Waals surface area (Å²) in [6.07, 6.45) is 0.0476. The lowest BCUT2D eigenvalue weighted by molar-refractivity contribution is -0.138. The Morgan fingerprint density at radius 2 is 2.04 bits per heavy atom. The molecule has 2 heterocycles. The van der Waals surface area contributed by atoms with E-state index in [1.807, 2.05) is 24.3 Å². The summed E-state index contributed by atoms with van der Waals surface area (Å²) in [7, 11) is 0. The van der Waals surface area contributed by atoms with Crippen molar-refractivity contribution >= 4 is 23.0 Å². The number of nitrogens with one attached hydrogen (secondary N) is 1. The number of hydrogen-bond donors (Lipinski definition) is 2. The van der Waals surface area contributed by atoms with Gasteiger partial charge in [-0.1, -0.05) is 18.2 Å². The molecule has 1 unspecified atom stereocenters. The zero-order valence-corrected chi connectivity index (χ0v) is 14.1. The molecule has 1 aromatic carbocycles. The third-order valence-electron chi connectivity index (χ3n) is 4.15. The Kier molecular flexibility index (Phi) is 3.99. The van der Waals surface area contributed by atoms with Gasteiger partial charge in [0.1, 0.15) is 5.60 Å². The van der Waals surface area contributed by atoms with E-state index >= 15 is 0 Å². The molecule has 1 aromatic heterocycles. The molecule has 6 nitrogen and oxygen atoms in total. The number of ether oxygens (including phenoxy) is 1. The van der Waals surface area contributed by atoms with Crippen LogP contribution >= 0.6 is 0 Å². The van der Waals surface area contributed by atoms with Crippen molar-refractivity contribution < 1.29 is 19.4 Å². The van der Waals surface area contributed by atoms with Crippen molar-refractivity contribution in [1.29, 1.82) is 0 Å². The van der Waals surface area contributed by atoms with E-state index in [2.05, 4.69) is 4.98 Å². The minimum atomic E-state index is -0.944. The Balaban J connectivity index is 2.01. The van der Waals surface area contributed by atoms with Crippen LogP contribution in [-0.2, 0) is 16.0 Å². The van der Waals surface area contributed by atoms with Crippen molar-refractivity contribution in [2.24, 2.45) is 0 Å². The van der Waals surface area contributed by atoms with Gasteiger partial charge in [0.25, 0.3) is 0 Å². The number of amides is 1. The van der Waals surface area contributed by atoms with Crippen LogP contribution in [0.4, 0.5) is 4.79 Å². The second-order valence-electron chi connectivity index (χ2n) is 7.10. The van der Waals surface area contributed by atoms with E-state index in [-0.39, 0.29) is 6.42 Å². The third kappa shape index (κ3) is 3.09. The Labute approximate surface area is 140 Å². The maximum atomic E-state index is 12.5. The lowest BCUT2D eigenvalue weighted by Gasteiger charge is -2.36. The summed E-state index contributed by atoms with van der Waals surface area (Å²) in [6.45, 7) is 5.85. The summed E-state index contributed by atoms with van der Waals surface area (Å²) in [6, 6.07) is 7.33. The van der Waals surface area contributed by atoms with Crippen molar-refractivity contribution in [3.8, 4) is 0 Å². The highest BCUT2D eigenvalue weighted by atomic mass is 16.6. The van der Waals surface area contributed by atoms with Gasteiger partial charge in [0.2, 0.25) is 0 Å². The number of hydrogen-bond acceptors (Lipinski definition) is 3. The first-order chi connectivity index (χ1) is 11.3. The second kappa shape index (κ2) is 5.85. The van der Waals surface area contributed by atoms with Gasteiger partial charge in [0.15, 0.2) is 0 Å². The monoisotopic (exact) mass is 330 g/mol. The van der Waals surface area contributed by atoms with E-state index in [9.17, 15) is 14.7 Å². The van der Waals surface area contributed by atoms with E-state index < -0.39 is 23.7 Å². The number of carboxylic acids is 1. The molecular weight excluding hydrogens is 308 g/mol. The number of aliphatic carboxylic acids is 1. The van der Waals surface area contributed by atoms with Gasteiger partial charge < -0.3 is 14.8 Å². The Morgan fingerprint density at radius 3 is 2.71 bits per heavy atom. The van der Waals surface area contributed by atoms with Crippen LogP contribution in [0.5, 0.6) is 0 Å². The highest BCUT2D eigenvalue weighted by Crippen LogP contribution is 2.37. The fraction of sp³-hybridized carbons (Fsp3) is 0.444. The van der Waals surface area contributed by atoms with Crippen LogP contribution in [0.1, 0.15) is 44.5 Å². The number of carbonyl (C=O) groups is 2. The van der Waals surface area contributed by atoms with Crippen molar-refractivity contribution in [2.75, 3.05) is 6.54 Å². The Morgan fingerprint density at radius 1 is 1.33 bits per heavy atom. The fourth-order valence-corrected chi connectivity index (χ4v) is 3.24. The molecule has 0 radical (unpaired) electrons. The zero-order valence-electron chi connectivity index (χ0n) is 14.1. The standard InChI is InChI=1S/C18H22N2O4/c1-18(2,3)24-17(23)20-9-8-12-11-6-4-5-7-13(11)19-16(12)14(20)10-15(21)22/h4-7,14,19H,8-10H2,1-3H3,(H,21,22). The maximum absolute atomic E-state index is 12.5. The number of aromatic nitrogens is 1. The number of carbonyl (C=O) groups excluding carboxylic acids is 1. The number of aromatic amines is 1. The summed E-state index contributed by atoms with van der Waals surface area (Å²) < 4.78 is 5.46. The van der Waals surface area contributed by atoms with E-state index in [1.165, 1.54) is 4.90 Å². The van der Waals surface area contributed by atoms with Crippen molar-refractivity contribution in [2.45, 2.75) is 45.3 Å². The predicted octanol–water partition coefficient (Wildman–Crippen LogP) is 3.48. The summed E-state index contributed by atoms with van der Waals surface area (Å²) in [4.78, 5) is 28.7. The van der Waals surface area contributed by atoms with Crippen LogP contribution in [0, 0.1) is 0 Å². The Hall–Kier alpha value is -2.50. The molecule has 1 aliphatic rings. The molecule has 24 heavy (non-hydrogen) atoms. The molecule has 0 saturated heterocycles. The van der Waals surface area contributed by atoms with Gasteiger partial charge in [-0.05, 0) is 38.8 Å². The molecule has 0 spiro atoms. The van der Waals surface area contributed by atoms with Gasteiger partial charge >= 0.3 is 12.1 Å². The molecule has 1 atom stereocenters. The molecule has 6 heteroatoms. The van der Waals surface area contributed by atoms with Crippen LogP contribution in [0.2, 0.25) is 0 Å². The molecule has 2 N–H and O–H groups in total. The molecular formula is C18H22N2O4. The average Bonchev–Trinajstić information content (AvgIpc) is 2.84. The molecule has 3 rings (SSSR count). The molecule has 1 amide bonds. The van der Waals surface area contributed by atoms with Gasteiger partial charge in [-0.15, -0.1) is 0 Å². The van der Waals surface area contributed by atoms with Gasteiger partial charge in [-0.3, -0.25) is 9.69 Å². The topological polar surface area (TPSA) is 82.6 Å². The van der Waals surface area contributed by atoms with Gasteiger partial charge in [-0.2, -0.15) is 0 Å². The molecule has 1 aliphatic heterocycles. The van der Waals surface area contributed by atoms with Crippen molar-refractivity contribution in [3.05, 3.63) is 35.5 Å². The molecule has 128 valence electrons. The lowest BCUT2D eigenvalue weighted by atomic mass is 9.95. The number of carboxylic acid groups (broad SMARTS) is 1. The quantitative estimate of drug-likeness (QED) is 0.883. The molecule has 0 saturated carbocycles. The highest BCUT2D eigenvalue weighted by molar-refractivity contribution is 5.86. The largest absolute Gasteiger partial charge is 0.481 e. The zero-order chi connectivity index (χ0) is 17.5. The molecule has 2 aromatic rings. The van der Waals surface area contributed by atoms with Crippen LogP contribution in [0.3, 0.4) is 0 Å².